The normalized spacial score (nSPS) is 20.9. The monoisotopic (exact) mass is 219 g/mol. The minimum absolute atomic E-state index is 0.111. The van der Waals surface area contributed by atoms with Crippen molar-refractivity contribution in [1.29, 1.82) is 0 Å². The predicted molar refractivity (Wildman–Crippen MR) is 62.3 cm³/mol. The summed E-state index contributed by atoms with van der Waals surface area (Å²) in [4.78, 5) is 18.3. The summed E-state index contributed by atoms with van der Waals surface area (Å²) in [5, 5.41) is 3.28. The topological polar surface area (TPSA) is 45.2 Å². The van der Waals surface area contributed by atoms with Crippen molar-refractivity contribution in [2.45, 2.75) is 19.9 Å². The number of aromatic nitrogens is 1. The van der Waals surface area contributed by atoms with Gasteiger partial charge in [0.15, 0.2) is 0 Å². The largest absolute Gasteiger partial charge is 0.333 e. The van der Waals surface area contributed by atoms with Crippen LogP contribution >= 0.6 is 0 Å². The molecule has 1 saturated heterocycles. The number of pyridine rings is 1. The maximum absolute atomic E-state index is 12.2. The molecule has 16 heavy (non-hydrogen) atoms. The molecule has 1 fully saturated rings. The Morgan fingerprint density at radius 2 is 2.44 bits per heavy atom. The van der Waals surface area contributed by atoms with Crippen molar-refractivity contribution in [2.24, 2.45) is 0 Å². The molecule has 1 aliphatic heterocycles. The molecule has 0 radical (unpaired) electrons. The van der Waals surface area contributed by atoms with Crippen molar-refractivity contribution in [1.82, 2.24) is 15.2 Å². The first-order valence-corrected chi connectivity index (χ1v) is 5.63. The van der Waals surface area contributed by atoms with E-state index < -0.39 is 0 Å². The second-order valence-electron chi connectivity index (χ2n) is 4.24. The van der Waals surface area contributed by atoms with Gasteiger partial charge in [-0.25, -0.2) is 0 Å². The zero-order valence-corrected chi connectivity index (χ0v) is 9.73. The molecule has 1 amide bonds. The number of rotatable bonds is 1. The Labute approximate surface area is 95.7 Å². The molecule has 1 aromatic rings. The number of hydrogen-bond acceptors (Lipinski definition) is 3. The maximum Gasteiger partial charge on any atom is 0.254 e. The first-order valence-electron chi connectivity index (χ1n) is 5.63. The Bertz CT molecular complexity index is 392. The van der Waals surface area contributed by atoms with E-state index in [2.05, 4.69) is 17.2 Å². The van der Waals surface area contributed by atoms with Crippen LogP contribution in [0, 0.1) is 6.92 Å². The van der Waals surface area contributed by atoms with Crippen LogP contribution in [0.3, 0.4) is 0 Å². The van der Waals surface area contributed by atoms with Gasteiger partial charge in [-0.3, -0.25) is 9.78 Å². The number of piperazine rings is 1. The summed E-state index contributed by atoms with van der Waals surface area (Å²) in [7, 11) is 0. The summed E-state index contributed by atoms with van der Waals surface area (Å²) in [5.74, 6) is 0.111. The van der Waals surface area contributed by atoms with Crippen molar-refractivity contribution in [2.75, 3.05) is 19.6 Å². The summed E-state index contributed by atoms with van der Waals surface area (Å²) in [6, 6.07) is 3.89. The zero-order chi connectivity index (χ0) is 11.5. The molecule has 1 atom stereocenters. The van der Waals surface area contributed by atoms with Gasteiger partial charge in [-0.05, 0) is 26.0 Å². The zero-order valence-electron chi connectivity index (χ0n) is 9.73. The molecule has 86 valence electrons. The minimum Gasteiger partial charge on any atom is -0.333 e. The summed E-state index contributed by atoms with van der Waals surface area (Å²) in [6.45, 7) is 6.49. The number of nitrogens with zero attached hydrogens (tertiary/aromatic N) is 2. The van der Waals surface area contributed by atoms with Crippen molar-refractivity contribution in [3.05, 3.63) is 29.6 Å². The van der Waals surface area contributed by atoms with E-state index in [9.17, 15) is 4.79 Å². The van der Waals surface area contributed by atoms with Gasteiger partial charge in [0, 0.05) is 43.1 Å². The van der Waals surface area contributed by atoms with E-state index in [1.807, 2.05) is 17.9 Å². The average Bonchev–Trinajstić information content (AvgIpc) is 2.29. The van der Waals surface area contributed by atoms with E-state index in [0.29, 0.717) is 0 Å². The highest BCUT2D eigenvalue weighted by Gasteiger charge is 2.23. The third-order valence-electron chi connectivity index (χ3n) is 2.91. The quantitative estimate of drug-likeness (QED) is 0.760. The lowest BCUT2D eigenvalue weighted by Gasteiger charge is -2.34. The smallest absolute Gasteiger partial charge is 0.254 e. The minimum atomic E-state index is 0.111. The molecule has 0 saturated carbocycles. The van der Waals surface area contributed by atoms with Crippen LogP contribution in [0.2, 0.25) is 0 Å². The second-order valence-corrected chi connectivity index (χ2v) is 4.24. The first-order chi connectivity index (χ1) is 7.68. The van der Waals surface area contributed by atoms with E-state index in [-0.39, 0.29) is 11.9 Å². The van der Waals surface area contributed by atoms with Crippen LogP contribution in [-0.2, 0) is 0 Å². The van der Waals surface area contributed by atoms with Gasteiger partial charge in [0.2, 0.25) is 0 Å². The highest BCUT2D eigenvalue weighted by atomic mass is 16.2. The summed E-state index contributed by atoms with van der Waals surface area (Å²) in [5.41, 5.74) is 1.62. The third-order valence-corrected chi connectivity index (χ3v) is 2.91. The molecule has 2 rings (SSSR count). The Morgan fingerprint density at radius 3 is 3.12 bits per heavy atom. The molecule has 1 aliphatic rings. The second kappa shape index (κ2) is 4.61. The van der Waals surface area contributed by atoms with E-state index in [1.54, 1.807) is 12.3 Å². The Morgan fingerprint density at radius 1 is 1.62 bits per heavy atom. The number of carbonyl (C=O) groups excluding carboxylic acids is 1. The number of amides is 1. The van der Waals surface area contributed by atoms with Crippen LogP contribution in [0.1, 0.15) is 23.0 Å². The molecule has 4 heteroatoms. The van der Waals surface area contributed by atoms with Crippen LogP contribution in [0.15, 0.2) is 18.3 Å². The molecule has 0 bridgehead atoms. The molecular formula is C12H17N3O. The predicted octanol–water partition coefficient (Wildman–Crippen LogP) is 0.824. The van der Waals surface area contributed by atoms with Gasteiger partial charge in [0.05, 0.1) is 0 Å². The summed E-state index contributed by atoms with van der Waals surface area (Å²) < 4.78 is 0. The number of aryl methyl sites for hydroxylation is 1. The van der Waals surface area contributed by atoms with Gasteiger partial charge in [-0.1, -0.05) is 0 Å². The Kier molecular flexibility index (Phi) is 3.19. The Hall–Kier alpha value is -1.42. The van der Waals surface area contributed by atoms with Crippen molar-refractivity contribution in [3.8, 4) is 0 Å². The molecule has 4 nitrogen and oxygen atoms in total. The van der Waals surface area contributed by atoms with Crippen molar-refractivity contribution < 1.29 is 4.79 Å². The van der Waals surface area contributed by atoms with E-state index in [1.165, 1.54) is 0 Å². The average molecular weight is 219 g/mol. The fraction of sp³-hybridized carbons (Fsp3) is 0.500. The lowest BCUT2D eigenvalue weighted by atomic mass is 10.1. The van der Waals surface area contributed by atoms with Crippen LogP contribution in [0.4, 0.5) is 0 Å². The highest BCUT2D eigenvalue weighted by molar-refractivity contribution is 5.94. The molecule has 1 N–H and O–H groups in total. The number of hydrogen-bond donors (Lipinski definition) is 1. The van der Waals surface area contributed by atoms with Crippen molar-refractivity contribution >= 4 is 5.91 Å². The SMILES string of the molecule is Cc1cc(C(=O)N2CCNC[C@@H]2C)ccn1. The van der Waals surface area contributed by atoms with E-state index in [4.69, 9.17) is 0 Å². The van der Waals surface area contributed by atoms with Crippen LogP contribution < -0.4 is 5.32 Å². The van der Waals surface area contributed by atoms with Crippen LogP contribution in [0.25, 0.3) is 0 Å². The lowest BCUT2D eigenvalue weighted by molar-refractivity contribution is 0.0655. The molecule has 0 spiro atoms. The van der Waals surface area contributed by atoms with Gasteiger partial charge in [0.25, 0.3) is 5.91 Å². The van der Waals surface area contributed by atoms with Gasteiger partial charge in [-0.15, -0.1) is 0 Å². The van der Waals surface area contributed by atoms with Crippen LogP contribution in [0.5, 0.6) is 0 Å². The fourth-order valence-electron chi connectivity index (χ4n) is 1.99. The molecule has 0 aliphatic carbocycles. The molecular weight excluding hydrogens is 202 g/mol. The Balaban J connectivity index is 2.17. The van der Waals surface area contributed by atoms with Crippen molar-refractivity contribution in [3.63, 3.8) is 0 Å². The van der Waals surface area contributed by atoms with Gasteiger partial charge >= 0.3 is 0 Å². The van der Waals surface area contributed by atoms with Gasteiger partial charge in [-0.2, -0.15) is 0 Å². The summed E-state index contributed by atoms with van der Waals surface area (Å²) in [6.07, 6.45) is 1.69. The van der Waals surface area contributed by atoms with E-state index in [0.717, 1.165) is 30.9 Å². The molecule has 1 aromatic heterocycles. The maximum atomic E-state index is 12.2. The molecule has 0 unspecified atom stereocenters. The van der Waals surface area contributed by atoms with Gasteiger partial charge < -0.3 is 10.2 Å². The van der Waals surface area contributed by atoms with Crippen LogP contribution in [-0.4, -0.2) is 41.5 Å². The number of carbonyl (C=O) groups is 1. The number of nitrogens with one attached hydrogen (secondary N) is 1. The molecule has 0 aromatic carbocycles. The van der Waals surface area contributed by atoms with Gasteiger partial charge in [0.1, 0.15) is 0 Å². The lowest BCUT2D eigenvalue weighted by Crippen LogP contribution is -2.52. The third kappa shape index (κ3) is 2.22. The first kappa shape index (κ1) is 11.1. The van der Waals surface area contributed by atoms with E-state index >= 15 is 0 Å². The molecule has 2 heterocycles. The fourth-order valence-corrected chi connectivity index (χ4v) is 1.99. The summed E-state index contributed by atoms with van der Waals surface area (Å²) >= 11 is 0. The standard InChI is InChI=1S/C12H17N3O/c1-9-7-11(3-4-14-9)12(16)15-6-5-13-8-10(15)2/h3-4,7,10,13H,5-6,8H2,1-2H3/t10-/m0/s1. The highest BCUT2D eigenvalue weighted by Crippen LogP contribution is 2.10.